The van der Waals surface area contributed by atoms with Crippen LogP contribution in [0.1, 0.15) is 37.2 Å². The van der Waals surface area contributed by atoms with E-state index in [1.165, 1.54) is 11.3 Å². The summed E-state index contributed by atoms with van der Waals surface area (Å²) in [6.45, 7) is 0. The van der Waals surface area contributed by atoms with Crippen molar-refractivity contribution in [1.29, 1.82) is 0 Å². The number of rotatable bonds is 5. The van der Waals surface area contributed by atoms with Gasteiger partial charge in [-0.1, -0.05) is 66.7 Å². The fourth-order valence-electron chi connectivity index (χ4n) is 3.20. The summed E-state index contributed by atoms with van der Waals surface area (Å²) < 4.78 is 0.798. The number of thiophene rings is 1. The lowest BCUT2D eigenvalue weighted by Crippen LogP contribution is -2.29. The Hall–Kier alpha value is -3.48. The quantitative estimate of drug-likeness (QED) is 0.339. The summed E-state index contributed by atoms with van der Waals surface area (Å²) in [4.78, 5) is 25.0. The van der Waals surface area contributed by atoms with Crippen molar-refractivity contribution in [3.8, 4) is 0 Å². The number of hydroxylamine groups is 1. The van der Waals surface area contributed by atoms with Crippen LogP contribution in [0.5, 0.6) is 0 Å². The van der Waals surface area contributed by atoms with Crippen molar-refractivity contribution in [3.63, 3.8) is 0 Å². The molecule has 29 heavy (non-hydrogen) atoms. The van der Waals surface area contributed by atoms with Crippen molar-refractivity contribution in [2.45, 2.75) is 6.04 Å². The molecule has 4 aromatic rings. The van der Waals surface area contributed by atoms with E-state index in [0.29, 0.717) is 10.4 Å². The van der Waals surface area contributed by atoms with Crippen molar-refractivity contribution in [2.75, 3.05) is 0 Å². The Kier molecular flexibility index (Phi) is 5.37. The van der Waals surface area contributed by atoms with Gasteiger partial charge >= 0.3 is 0 Å². The standard InChI is InChI=1S/C23H18N2O3S/c26-22(18-12-11-17-13-20(23(27)25-28)29-19(17)14-18)24-21(15-7-3-1-4-8-15)16-9-5-2-6-10-16/h1-14,21,28H,(H,24,26)(H,25,27). The molecule has 0 aliphatic carbocycles. The normalized spacial score (nSPS) is 10.8. The summed E-state index contributed by atoms with van der Waals surface area (Å²) in [5.74, 6) is -0.767. The minimum atomic E-state index is -0.564. The monoisotopic (exact) mass is 402 g/mol. The van der Waals surface area contributed by atoms with E-state index < -0.39 is 5.91 Å². The van der Waals surface area contributed by atoms with Crippen LogP contribution in [0.15, 0.2) is 84.9 Å². The van der Waals surface area contributed by atoms with Gasteiger partial charge in [-0.25, -0.2) is 5.48 Å². The molecule has 0 unspecified atom stereocenters. The molecule has 144 valence electrons. The Balaban J connectivity index is 1.64. The highest BCUT2D eigenvalue weighted by Crippen LogP contribution is 2.27. The minimum Gasteiger partial charge on any atom is -0.341 e. The van der Waals surface area contributed by atoms with E-state index in [9.17, 15) is 9.59 Å². The molecule has 0 saturated carbocycles. The van der Waals surface area contributed by atoms with Gasteiger partial charge in [-0.2, -0.15) is 0 Å². The van der Waals surface area contributed by atoms with Crippen LogP contribution in [-0.4, -0.2) is 17.0 Å². The van der Waals surface area contributed by atoms with Gasteiger partial charge in [-0.15, -0.1) is 11.3 Å². The van der Waals surface area contributed by atoms with E-state index in [1.807, 2.05) is 60.7 Å². The van der Waals surface area contributed by atoms with Crippen LogP contribution in [0.25, 0.3) is 10.1 Å². The van der Waals surface area contributed by atoms with Gasteiger partial charge in [0.25, 0.3) is 11.8 Å². The number of benzene rings is 3. The molecule has 0 radical (unpaired) electrons. The average Bonchev–Trinajstić information content (AvgIpc) is 3.21. The molecule has 3 N–H and O–H groups in total. The van der Waals surface area contributed by atoms with Crippen molar-refractivity contribution in [3.05, 3.63) is 106 Å². The molecule has 6 heteroatoms. The lowest BCUT2D eigenvalue weighted by Gasteiger charge is -2.20. The summed E-state index contributed by atoms with van der Waals surface area (Å²) in [5.41, 5.74) is 4.12. The number of carbonyl (C=O) groups is 2. The predicted molar refractivity (Wildman–Crippen MR) is 113 cm³/mol. The van der Waals surface area contributed by atoms with E-state index in [4.69, 9.17) is 5.21 Å². The minimum absolute atomic E-state index is 0.203. The van der Waals surface area contributed by atoms with Crippen LogP contribution in [0.2, 0.25) is 0 Å². The van der Waals surface area contributed by atoms with Crippen LogP contribution in [0.4, 0.5) is 0 Å². The Bertz CT molecular complexity index is 1120. The summed E-state index contributed by atoms with van der Waals surface area (Å²) in [6, 6.07) is 26.3. The first-order chi connectivity index (χ1) is 14.2. The van der Waals surface area contributed by atoms with Gasteiger partial charge in [-0.3, -0.25) is 14.8 Å². The Labute approximate surface area is 171 Å². The molecule has 0 spiro atoms. The van der Waals surface area contributed by atoms with E-state index in [1.54, 1.807) is 29.7 Å². The van der Waals surface area contributed by atoms with Crippen LogP contribution < -0.4 is 10.8 Å². The number of carbonyl (C=O) groups excluding carboxylic acids is 2. The van der Waals surface area contributed by atoms with Gasteiger partial charge in [0.15, 0.2) is 0 Å². The van der Waals surface area contributed by atoms with Gasteiger partial charge in [0.05, 0.1) is 10.9 Å². The number of nitrogens with one attached hydrogen (secondary N) is 2. The van der Waals surface area contributed by atoms with E-state index >= 15 is 0 Å². The molecule has 0 atom stereocenters. The second kappa shape index (κ2) is 8.26. The maximum atomic E-state index is 13.0. The highest BCUT2D eigenvalue weighted by molar-refractivity contribution is 7.20. The lowest BCUT2D eigenvalue weighted by molar-refractivity contribution is 0.0711. The summed E-state index contributed by atoms with van der Waals surface area (Å²) in [7, 11) is 0. The van der Waals surface area contributed by atoms with Crippen LogP contribution in [-0.2, 0) is 0 Å². The van der Waals surface area contributed by atoms with Crippen LogP contribution in [0.3, 0.4) is 0 Å². The maximum absolute atomic E-state index is 13.0. The van der Waals surface area contributed by atoms with Crippen molar-refractivity contribution in [2.24, 2.45) is 0 Å². The van der Waals surface area contributed by atoms with Crippen LogP contribution in [0, 0.1) is 0 Å². The van der Waals surface area contributed by atoms with E-state index in [-0.39, 0.29) is 11.9 Å². The zero-order valence-electron chi connectivity index (χ0n) is 15.3. The third-order valence-corrected chi connectivity index (χ3v) is 5.75. The Morgan fingerprint density at radius 1 is 0.793 bits per heavy atom. The second-order valence-corrected chi connectivity index (χ2v) is 7.62. The molecule has 0 aliphatic rings. The number of hydrogen-bond donors (Lipinski definition) is 3. The number of amides is 2. The van der Waals surface area contributed by atoms with Gasteiger partial charge in [-0.05, 0) is 34.7 Å². The molecule has 0 aliphatic heterocycles. The number of fused-ring (bicyclic) bond motifs is 1. The topological polar surface area (TPSA) is 78.4 Å². The van der Waals surface area contributed by atoms with Crippen molar-refractivity contribution >= 4 is 33.2 Å². The van der Waals surface area contributed by atoms with Gasteiger partial charge < -0.3 is 5.32 Å². The molecule has 5 nitrogen and oxygen atoms in total. The van der Waals surface area contributed by atoms with Gasteiger partial charge in [0, 0.05) is 10.3 Å². The fourth-order valence-corrected chi connectivity index (χ4v) is 4.20. The van der Waals surface area contributed by atoms with Crippen molar-refractivity contribution in [1.82, 2.24) is 10.8 Å². The molecular formula is C23H18N2O3S. The molecule has 4 rings (SSSR count). The Morgan fingerprint density at radius 3 is 2.00 bits per heavy atom. The summed E-state index contributed by atoms with van der Waals surface area (Å²) in [5, 5.41) is 12.8. The molecule has 1 heterocycles. The third-order valence-electron chi connectivity index (χ3n) is 4.65. The van der Waals surface area contributed by atoms with E-state index in [0.717, 1.165) is 21.2 Å². The van der Waals surface area contributed by atoms with Gasteiger partial charge in [0.2, 0.25) is 0 Å². The zero-order valence-corrected chi connectivity index (χ0v) is 16.1. The number of hydrogen-bond acceptors (Lipinski definition) is 4. The molecule has 3 aromatic carbocycles. The predicted octanol–water partition coefficient (Wildman–Crippen LogP) is 4.54. The Morgan fingerprint density at radius 2 is 1.41 bits per heavy atom. The molecule has 2 amide bonds. The first-order valence-electron chi connectivity index (χ1n) is 9.04. The lowest BCUT2D eigenvalue weighted by atomic mass is 9.98. The molecule has 0 saturated heterocycles. The first-order valence-corrected chi connectivity index (χ1v) is 9.86. The second-order valence-electron chi connectivity index (χ2n) is 6.53. The SMILES string of the molecule is O=C(NC(c1ccccc1)c1ccccc1)c1ccc2cc(C(=O)NO)sc2c1. The third kappa shape index (κ3) is 4.03. The molecule has 1 aromatic heterocycles. The van der Waals surface area contributed by atoms with E-state index in [2.05, 4.69) is 5.32 Å². The highest BCUT2D eigenvalue weighted by atomic mass is 32.1. The average molecular weight is 402 g/mol. The largest absolute Gasteiger partial charge is 0.341 e. The molecular weight excluding hydrogens is 384 g/mol. The smallest absolute Gasteiger partial charge is 0.284 e. The van der Waals surface area contributed by atoms with Gasteiger partial charge in [0.1, 0.15) is 0 Å². The maximum Gasteiger partial charge on any atom is 0.284 e. The zero-order chi connectivity index (χ0) is 20.2. The molecule has 0 fully saturated rings. The first kappa shape index (κ1) is 18.9. The molecule has 0 bridgehead atoms. The summed E-state index contributed by atoms with van der Waals surface area (Å²) >= 11 is 1.22. The summed E-state index contributed by atoms with van der Waals surface area (Å²) in [6.07, 6.45) is 0. The highest BCUT2D eigenvalue weighted by Gasteiger charge is 2.18. The fraction of sp³-hybridized carbons (Fsp3) is 0.0435. The van der Waals surface area contributed by atoms with Crippen LogP contribution >= 0.6 is 11.3 Å². The van der Waals surface area contributed by atoms with Crippen molar-refractivity contribution < 1.29 is 14.8 Å².